The molecule has 0 bridgehead atoms. The molecule has 0 radical (unpaired) electrons. The van der Waals surface area contributed by atoms with Crippen LogP contribution >= 0.6 is 11.8 Å². The summed E-state index contributed by atoms with van der Waals surface area (Å²) in [6.07, 6.45) is -5.08. The second-order valence-corrected chi connectivity index (χ2v) is 4.32. The number of halogens is 3. The maximum absolute atomic E-state index is 10.6. The minimum atomic E-state index is -5.08. The van der Waals surface area contributed by atoms with E-state index in [0.29, 0.717) is 0 Å². The Labute approximate surface area is 117 Å². The predicted molar refractivity (Wildman–Crippen MR) is 69.9 cm³/mol. The summed E-state index contributed by atoms with van der Waals surface area (Å²) in [6.45, 7) is 0. The van der Waals surface area contributed by atoms with Crippen LogP contribution in [0.3, 0.4) is 0 Å². The molecule has 0 aromatic heterocycles. The zero-order valence-electron chi connectivity index (χ0n) is 10.4. The number of carboxylic acids is 1. The third-order valence-electron chi connectivity index (χ3n) is 1.80. The van der Waals surface area contributed by atoms with Gasteiger partial charge in [0.25, 0.3) is 0 Å². The van der Waals surface area contributed by atoms with Crippen LogP contribution in [-0.4, -0.2) is 29.5 Å². The number of benzene rings is 1. The minimum Gasteiger partial charge on any atom is -0.497 e. The van der Waals surface area contributed by atoms with Crippen molar-refractivity contribution in [3.05, 3.63) is 29.8 Å². The smallest absolute Gasteiger partial charge is 0.490 e. The van der Waals surface area contributed by atoms with Crippen molar-refractivity contribution in [2.45, 2.75) is 11.9 Å². The summed E-state index contributed by atoms with van der Waals surface area (Å²) in [5.41, 5.74) is 6.36. The molecule has 9 heteroatoms. The molecule has 0 spiro atoms. The number of ether oxygens (including phenoxy) is 1. The van der Waals surface area contributed by atoms with Gasteiger partial charge in [-0.2, -0.15) is 13.2 Å². The molecule has 1 aromatic carbocycles. The van der Waals surface area contributed by atoms with Crippen LogP contribution in [0.5, 0.6) is 5.75 Å². The lowest BCUT2D eigenvalue weighted by Gasteiger charge is -2.02. The molecule has 20 heavy (non-hydrogen) atoms. The molecule has 0 atom stereocenters. The highest BCUT2D eigenvalue weighted by molar-refractivity contribution is 8.13. The molecule has 0 heterocycles. The van der Waals surface area contributed by atoms with Gasteiger partial charge in [-0.1, -0.05) is 23.9 Å². The van der Waals surface area contributed by atoms with Crippen LogP contribution in [0.15, 0.2) is 24.3 Å². The number of rotatable bonds is 3. The zero-order valence-corrected chi connectivity index (χ0v) is 11.2. The van der Waals surface area contributed by atoms with Crippen molar-refractivity contribution in [1.29, 1.82) is 5.41 Å². The third-order valence-corrected chi connectivity index (χ3v) is 2.58. The number of hydrogen-bond acceptors (Lipinski definition) is 4. The maximum Gasteiger partial charge on any atom is 0.490 e. The number of hydrogen-bond donors (Lipinski definition) is 3. The predicted octanol–water partition coefficient (Wildman–Crippen LogP) is 2.46. The van der Waals surface area contributed by atoms with Crippen molar-refractivity contribution < 1.29 is 27.8 Å². The van der Waals surface area contributed by atoms with Gasteiger partial charge in [-0.05, 0) is 17.7 Å². The number of nitrogens with one attached hydrogen (secondary N) is 1. The molecule has 0 fully saturated rings. The fourth-order valence-electron chi connectivity index (χ4n) is 0.883. The Balaban J connectivity index is 0.000000441. The first kappa shape index (κ1) is 18.1. The number of carbonyl (C=O) groups is 1. The summed E-state index contributed by atoms with van der Waals surface area (Å²) in [6, 6.07) is 7.73. The summed E-state index contributed by atoms with van der Waals surface area (Å²) in [5, 5.41) is 14.3. The van der Waals surface area contributed by atoms with Gasteiger partial charge in [0.15, 0.2) is 5.17 Å². The second kappa shape index (κ2) is 8.31. The molecular formula is C11H13F3N2O3S. The van der Waals surface area contributed by atoms with E-state index in [1.54, 1.807) is 7.11 Å². The molecule has 0 aliphatic carbocycles. The van der Waals surface area contributed by atoms with E-state index in [1.807, 2.05) is 24.3 Å². The van der Waals surface area contributed by atoms with Crippen LogP contribution in [0.2, 0.25) is 0 Å². The van der Waals surface area contributed by atoms with Gasteiger partial charge in [0.1, 0.15) is 5.75 Å². The first-order chi connectivity index (χ1) is 9.16. The average Bonchev–Trinajstić information content (AvgIpc) is 2.36. The SMILES string of the molecule is COc1ccc(CSC(=N)N)cc1.O=C(O)C(F)(F)F. The number of carboxylic acid groups (broad SMARTS) is 1. The van der Waals surface area contributed by atoms with Gasteiger partial charge in [-0.25, -0.2) is 4.79 Å². The lowest BCUT2D eigenvalue weighted by atomic mass is 10.2. The Hall–Kier alpha value is -1.90. The Morgan fingerprint density at radius 2 is 1.85 bits per heavy atom. The fourth-order valence-corrected chi connectivity index (χ4v) is 1.40. The van der Waals surface area contributed by atoms with Crippen molar-refractivity contribution >= 4 is 22.9 Å². The highest BCUT2D eigenvalue weighted by atomic mass is 32.2. The van der Waals surface area contributed by atoms with Crippen LogP contribution in [0.4, 0.5) is 13.2 Å². The van der Waals surface area contributed by atoms with E-state index < -0.39 is 12.1 Å². The average molecular weight is 310 g/mol. The highest BCUT2D eigenvalue weighted by Crippen LogP contribution is 2.15. The Morgan fingerprint density at radius 3 is 2.15 bits per heavy atom. The number of nitrogens with two attached hydrogens (primary N) is 1. The van der Waals surface area contributed by atoms with E-state index in [2.05, 4.69) is 0 Å². The number of aliphatic carboxylic acids is 1. The van der Waals surface area contributed by atoms with Gasteiger partial charge in [0.05, 0.1) is 7.11 Å². The Bertz CT molecular complexity index is 449. The van der Waals surface area contributed by atoms with E-state index in [9.17, 15) is 13.2 Å². The van der Waals surface area contributed by atoms with Crippen LogP contribution in [0, 0.1) is 5.41 Å². The van der Waals surface area contributed by atoms with Gasteiger partial charge in [-0.3, -0.25) is 5.41 Å². The molecule has 0 saturated carbocycles. The maximum atomic E-state index is 10.6. The van der Waals surface area contributed by atoms with Gasteiger partial charge in [0, 0.05) is 5.75 Å². The number of amidine groups is 1. The van der Waals surface area contributed by atoms with Gasteiger partial charge in [-0.15, -0.1) is 0 Å². The first-order valence-electron chi connectivity index (χ1n) is 5.06. The standard InChI is InChI=1S/C9H12N2OS.C2HF3O2/c1-12-8-4-2-7(3-5-8)6-13-9(10)11;3-2(4,5)1(6)7/h2-5H,6H2,1H3,(H3,10,11);(H,6,7). The quantitative estimate of drug-likeness (QED) is 0.588. The van der Waals surface area contributed by atoms with Crippen molar-refractivity contribution in [3.63, 3.8) is 0 Å². The summed E-state index contributed by atoms with van der Waals surface area (Å²) >= 11 is 1.32. The summed E-state index contributed by atoms with van der Waals surface area (Å²) in [4.78, 5) is 8.90. The zero-order chi connectivity index (χ0) is 15.8. The second-order valence-electron chi connectivity index (χ2n) is 3.30. The summed E-state index contributed by atoms with van der Waals surface area (Å²) in [5.74, 6) is -1.18. The van der Waals surface area contributed by atoms with E-state index in [-0.39, 0.29) is 5.17 Å². The molecule has 0 aliphatic heterocycles. The van der Waals surface area contributed by atoms with E-state index in [1.165, 1.54) is 11.8 Å². The molecule has 0 aliphatic rings. The molecule has 5 nitrogen and oxygen atoms in total. The van der Waals surface area contributed by atoms with Gasteiger partial charge in [0.2, 0.25) is 0 Å². The largest absolute Gasteiger partial charge is 0.497 e. The molecule has 0 unspecified atom stereocenters. The Morgan fingerprint density at radius 1 is 1.40 bits per heavy atom. The van der Waals surface area contributed by atoms with Crippen LogP contribution in [0.1, 0.15) is 5.56 Å². The van der Waals surface area contributed by atoms with E-state index in [0.717, 1.165) is 17.1 Å². The van der Waals surface area contributed by atoms with Gasteiger partial charge < -0.3 is 15.6 Å². The van der Waals surface area contributed by atoms with E-state index in [4.69, 9.17) is 25.8 Å². The number of alkyl halides is 3. The first-order valence-corrected chi connectivity index (χ1v) is 6.05. The van der Waals surface area contributed by atoms with Crippen LogP contribution < -0.4 is 10.5 Å². The molecule has 4 N–H and O–H groups in total. The lowest BCUT2D eigenvalue weighted by molar-refractivity contribution is -0.192. The van der Waals surface area contributed by atoms with E-state index >= 15 is 0 Å². The lowest BCUT2D eigenvalue weighted by Crippen LogP contribution is -2.21. The molecular weight excluding hydrogens is 297 g/mol. The van der Waals surface area contributed by atoms with Crippen LogP contribution in [-0.2, 0) is 10.5 Å². The fraction of sp³-hybridized carbons (Fsp3) is 0.273. The van der Waals surface area contributed by atoms with Crippen LogP contribution in [0.25, 0.3) is 0 Å². The van der Waals surface area contributed by atoms with Crippen molar-refractivity contribution in [1.82, 2.24) is 0 Å². The Kier molecular flexibility index (Phi) is 7.52. The van der Waals surface area contributed by atoms with Crippen molar-refractivity contribution in [2.75, 3.05) is 7.11 Å². The third kappa shape index (κ3) is 8.25. The molecule has 0 saturated heterocycles. The topological polar surface area (TPSA) is 96.4 Å². The summed E-state index contributed by atoms with van der Waals surface area (Å²) < 4.78 is 36.8. The van der Waals surface area contributed by atoms with Crippen molar-refractivity contribution in [3.8, 4) is 5.75 Å². The molecule has 112 valence electrons. The molecule has 0 amide bonds. The van der Waals surface area contributed by atoms with Gasteiger partial charge >= 0.3 is 12.1 Å². The molecule has 1 aromatic rings. The highest BCUT2D eigenvalue weighted by Gasteiger charge is 2.38. The minimum absolute atomic E-state index is 0.149. The summed E-state index contributed by atoms with van der Waals surface area (Å²) in [7, 11) is 1.64. The number of thioether (sulfide) groups is 1. The van der Waals surface area contributed by atoms with Crippen molar-refractivity contribution in [2.24, 2.45) is 5.73 Å². The normalized spacial score (nSPS) is 10.2. The number of methoxy groups -OCH3 is 1. The monoisotopic (exact) mass is 310 g/mol. The molecule has 1 rings (SSSR count).